The summed E-state index contributed by atoms with van der Waals surface area (Å²) in [4.78, 5) is 4.74. The molecule has 0 aromatic rings. The largest absolute Gasteiger partial charge is 0.282 e. The second kappa shape index (κ2) is 4.08. The Morgan fingerprint density at radius 3 is 2.69 bits per heavy atom. The maximum atomic E-state index is 4.74. The lowest BCUT2D eigenvalue weighted by Gasteiger charge is -2.20. The summed E-state index contributed by atoms with van der Waals surface area (Å²) >= 11 is 0. The van der Waals surface area contributed by atoms with Crippen LogP contribution in [0.4, 0.5) is 0 Å². The topological polar surface area (TPSA) is 12.4 Å². The van der Waals surface area contributed by atoms with E-state index in [1.54, 1.807) is 0 Å². The van der Waals surface area contributed by atoms with Gasteiger partial charge in [-0.05, 0) is 25.3 Å². The molecule has 1 aliphatic heterocycles. The lowest BCUT2D eigenvalue weighted by molar-refractivity contribution is 0.440. The minimum absolute atomic E-state index is 0.497. The molecule has 0 amide bonds. The minimum atomic E-state index is 0.497. The van der Waals surface area contributed by atoms with Gasteiger partial charge in [-0.25, -0.2) is 0 Å². The highest BCUT2D eigenvalue weighted by Gasteiger charge is 2.20. The number of rotatable bonds is 2. The SMILES string of the molecule is CCC1C=CC(C2CCCCC2)=N1. The van der Waals surface area contributed by atoms with E-state index in [9.17, 15) is 0 Å². The van der Waals surface area contributed by atoms with Crippen LogP contribution in [0.25, 0.3) is 0 Å². The summed E-state index contributed by atoms with van der Waals surface area (Å²) in [7, 11) is 0. The molecule has 0 radical (unpaired) electrons. The van der Waals surface area contributed by atoms with Crippen LogP contribution in [-0.4, -0.2) is 11.8 Å². The molecule has 0 saturated heterocycles. The Morgan fingerprint density at radius 1 is 1.31 bits per heavy atom. The maximum Gasteiger partial charge on any atom is 0.0684 e. The highest BCUT2D eigenvalue weighted by Crippen LogP contribution is 2.27. The number of allylic oxidation sites excluding steroid dienone is 1. The molecule has 0 aromatic carbocycles. The summed E-state index contributed by atoms with van der Waals surface area (Å²) in [6.07, 6.45) is 12.7. The van der Waals surface area contributed by atoms with Gasteiger partial charge in [0.05, 0.1) is 6.04 Å². The van der Waals surface area contributed by atoms with E-state index in [-0.39, 0.29) is 0 Å². The van der Waals surface area contributed by atoms with Gasteiger partial charge in [0, 0.05) is 11.6 Å². The van der Waals surface area contributed by atoms with Crippen molar-refractivity contribution in [2.45, 2.75) is 51.5 Å². The molecular weight excluding hydrogens is 158 g/mol. The lowest BCUT2D eigenvalue weighted by atomic mass is 9.86. The van der Waals surface area contributed by atoms with E-state index in [1.807, 2.05) is 0 Å². The van der Waals surface area contributed by atoms with Crippen LogP contribution in [0.2, 0.25) is 0 Å². The maximum absolute atomic E-state index is 4.74. The van der Waals surface area contributed by atoms with Crippen molar-refractivity contribution in [2.75, 3.05) is 0 Å². The zero-order chi connectivity index (χ0) is 9.10. The van der Waals surface area contributed by atoms with E-state index in [1.165, 1.54) is 37.8 Å². The van der Waals surface area contributed by atoms with Gasteiger partial charge in [-0.15, -0.1) is 0 Å². The molecule has 0 aromatic heterocycles. The average molecular weight is 177 g/mol. The van der Waals surface area contributed by atoms with Gasteiger partial charge in [-0.3, -0.25) is 4.99 Å². The molecule has 1 unspecified atom stereocenters. The molecule has 72 valence electrons. The van der Waals surface area contributed by atoms with Crippen LogP contribution in [-0.2, 0) is 0 Å². The number of hydrogen-bond acceptors (Lipinski definition) is 1. The average Bonchev–Trinajstić information content (AvgIpc) is 2.67. The molecule has 1 fully saturated rings. The van der Waals surface area contributed by atoms with Crippen LogP contribution < -0.4 is 0 Å². The van der Waals surface area contributed by atoms with Crippen LogP contribution in [0.1, 0.15) is 45.4 Å². The first kappa shape index (κ1) is 8.98. The highest BCUT2D eigenvalue weighted by atomic mass is 14.8. The van der Waals surface area contributed by atoms with Gasteiger partial charge in [-0.1, -0.05) is 32.3 Å². The van der Waals surface area contributed by atoms with Crippen molar-refractivity contribution in [3.05, 3.63) is 12.2 Å². The lowest BCUT2D eigenvalue weighted by Crippen LogP contribution is -2.15. The molecule has 13 heavy (non-hydrogen) atoms. The fraction of sp³-hybridized carbons (Fsp3) is 0.750. The molecule has 0 spiro atoms. The van der Waals surface area contributed by atoms with Crippen molar-refractivity contribution in [1.82, 2.24) is 0 Å². The van der Waals surface area contributed by atoms with Crippen molar-refractivity contribution >= 4 is 5.71 Å². The summed E-state index contributed by atoms with van der Waals surface area (Å²) in [6, 6.07) is 0.497. The zero-order valence-corrected chi connectivity index (χ0v) is 8.50. The fourth-order valence-electron chi connectivity index (χ4n) is 2.35. The zero-order valence-electron chi connectivity index (χ0n) is 8.50. The smallest absolute Gasteiger partial charge is 0.0684 e. The van der Waals surface area contributed by atoms with Crippen LogP contribution in [0.5, 0.6) is 0 Å². The molecular formula is C12H19N. The molecule has 1 saturated carbocycles. The third kappa shape index (κ3) is 2.01. The third-order valence-corrected chi connectivity index (χ3v) is 3.25. The van der Waals surface area contributed by atoms with E-state index in [4.69, 9.17) is 4.99 Å². The van der Waals surface area contributed by atoms with Crippen LogP contribution >= 0.6 is 0 Å². The van der Waals surface area contributed by atoms with Gasteiger partial charge in [0.15, 0.2) is 0 Å². The summed E-state index contributed by atoms with van der Waals surface area (Å²) in [5.74, 6) is 0.793. The molecule has 0 N–H and O–H groups in total. The third-order valence-electron chi connectivity index (χ3n) is 3.25. The molecule has 1 heteroatoms. The van der Waals surface area contributed by atoms with Gasteiger partial charge < -0.3 is 0 Å². The number of hydrogen-bond donors (Lipinski definition) is 0. The van der Waals surface area contributed by atoms with E-state index >= 15 is 0 Å². The normalized spacial score (nSPS) is 29.3. The standard InChI is InChI=1S/C12H19N/c1-2-11-8-9-12(13-11)10-6-4-3-5-7-10/h8-11H,2-7H2,1H3. The quantitative estimate of drug-likeness (QED) is 0.613. The Hall–Kier alpha value is -0.590. The van der Waals surface area contributed by atoms with Crippen molar-refractivity contribution in [2.24, 2.45) is 10.9 Å². The Balaban J connectivity index is 1.97. The number of nitrogens with zero attached hydrogens (tertiary/aromatic N) is 1. The van der Waals surface area contributed by atoms with Gasteiger partial charge >= 0.3 is 0 Å². The van der Waals surface area contributed by atoms with Crippen molar-refractivity contribution in [3.63, 3.8) is 0 Å². The molecule has 0 bridgehead atoms. The van der Waals surface area contributed by atoms with Gasteiger partial charge in [0.25, 0.3) is 0 Å². The summed E-state index contributed by atoms with van der Waals surface area (Å²) < 4.78 is 0. The first-order valence-electron chi connectivity index (χ1n) is 5.66. The molecule has 2 rings (SSSR count). The van der Waals surface area contributed by atoms with Gasteiger partial charge in [0.1, 0.15) is 0 Å². The molecule has 1 atom stereocenters. The molecule has 2 aliphatic rings. The van der Waals surface area contributed by atoms with Gasteiger partial charge in [-0.2, -0.15) is 0 Å². The Morgan fingerprint density at radius 2 is 2.08 bits per heavy atom. The summed E-state index contributed by atoms with van der Waals surface area (Å²) in [6.45, 7) is 2.21. The van der Waals surface area contributed by atoms with Crippen LogP contribution in [0, 0.1) is 5.92 Å². The highest BCUT2D eigenvalue weighted by molar-refractivity contribution is 5.98. The second-order valence-corrected chi connectivity index (χ2v) is 4.22. The van der Waals surface area contributed by atoms with Crippen LogP contribution in [0.15, 0.2) is 17.1 Å². The molecule has 1 heterocycles. The predicted molar refractivity (Wildman–Crippen MR) is 57.2 cm³/mol. The van der Waals surface area contributed by atoms with E-state index in [2.05, 4.69) is 19.1 Å². The Kier molecular flexibility index (Phi) is 2.82. The van der Waals surface area contributed by atoms with Gasteiger partial charge in [0.2, 0.25) is 0 Å². The van der Waals surface area contributed by atoms with Crippen molar-refractivity contribution < 1.29 is 0 Å². The fourth-order valence-corrected chi connectivity index (χ4v) is 2.35. The van der Waals surface area contributed by atoms with E-state index < -0.39 is 0 Å². The van der Waals surface area contributed by atoms with Crippen LogP contribution in [0.3, 0.4) is 0 Å². The predicted octanol–water partition coefficient (Wildman–Crippen LogP) is 3.36. The first-order chi connectivity index (χ1) is 6.40. The molecule has 1 nitrogen and oxygen atoms in total. The second-order valence-electron chi connectivity index (χ2n) is 4.22. The minimum Gasteiger partial charge on any atom is -0.282 e. The van der Waals surface area contributed by atoms with Crippen molar-refractivity contribution in [1.29, 1.82) is 0 Å². The Labute approximate surface area is 80.9 Å². The first-order valence-corrected chi connectivity index (χ1v) is 5.66. The summed E-state index contributed by atoms with van der Waals surface area (Å²) in [5.41, 5.74) is 1.39. The molecule has 1 aliphatic carbocycles. The summed E-state index contributed by atoms with van der Waals surface area (Å²) in [5, 5.41) is 0. The van der Waals surface area contributed by atoms with Crippen molar-refractivity contribution in [3.8, 4) is 0 Å². The monoisotopic (exact) mass is 177 g/mol. The Bertz CT molecular complexity index is 221. The number of aliphatic imine (C=N–C) groups is 1. The van der Waals surface area contributed by atoms with E-state index in [0.717, 1.165) is 12.3 Å². The van der Waals surface area contributed by atoms with E-state index in [0.29, 0.717) is 6.04 Å².